The van der Waals surface area contributed by atoms with E-state index in [0.29, 0.717) is 16.0 Å². The molecule has 0 saturated carbocycles. The second kappa shape index (κ2) is 9.92. The largest absolute Gasteiger partial charge is 0.497 e. The average Bonchev–Trinajstić information content (AvgIpc) is 3.47. The van der Waals surface area contributed by atoms with Crippen molar-refractivity contribution in [3.05, 3.63) is 65.2 Å². The Balaban J connectivity index is 1.52. The van der Waals surface area contributed by atoms with Crippen molar-refractivity contribution in [3.63, 3.8) is 0 Å². The lowest BCUT2D eigenvalue weighted by molar-refractivity contribution is -0.115. The first kappa shape index (κ1) is 22.0. The molecule has 0 aliphatic heterocycles. The molecule has 8 nitrogen and oxygen atoms in total. The number of carbonyl (C=O) groups excluding carboxylic acids is 1. The van der Waals surface area contributed by atoms with Gasteiger partial charge in [-0.2, -0.15) is 4.68 Å². The van der Waals surface area contributed by atoms with Gasteiger partial charge in [0.2, 0.25) is 11.1 Å². The molecule has 0 aliphatic carbocycles. The van der Waals surface area contributed by atoms with Gasteiger partial charge in [-0.05, 0) is 52.7 Å². The summed E-state index contributed by atoms with van der Waals surface area (Å²) in [4.78, 5) is 18.9. The lowest BCUT2D eigenvalue weighted by Crippen LogP contribution is -2.23. The van der Waals surface area contributed by atoms with Crippen LogP contribution in [0.5, 0.6) is 5.75 Å². The molecular formula is C22H22N6O2S2. The van der Waals surface area contributed by atoms with Crippen LogP contribution in [0.2, 0.25) is 0 Å². The van der Waals surface area contributed by atoms with Gasteiger partial charge in [-0.1, -0.05) is 36.9 Å². The summed E-state index contributed by atoms with van der Waals surface area (Å²) < 4.78 is 6.88. The Morgan fingerprint density at radius 2 is 1.97 bits per heavy atom. The van der Waals surface area contributed by atoms with Crippen LogP contribution >= 0.6 is 23.1 Å². The van der Waals surface area contributed by atoms with Crippen LogP contribution in [0.4, 0.5) is 10.8 Å². The maximum absolute atomic E-state index is 12.5. The molecule has 164 valence electrons. The molecule has 2 heterocycles. The van der Waals surface area contributed by atoms with E-state index in [1.165, 1.54) is 23.1 Å². The van der Waals surface area contributed by atoms with Crippen molar-refractivity contribution in [1.29, 1.82) is 0 Å². The zero-order valence-electron chi connectivity index (χ0n) is 17.9. The lowest BCUT2D eigenvalue weighted by atomic mass is 10.1. The van der Waals surface area contributed by atoms with Gasteiger partial charge in [0.1, 0.15) is 5.75 Å². The highest BCUT2D eigenvalue weighted by Crippen LogP contribution is 2.33. The van der Waals surface area contributed by atoms with Crippen molar-refractivity contribution in [2.75, 3.05) is 12.0 Å². The fraction of sp³-hybridized carbons (Fsp3) is 0.227. The van der Waals surface area contributed by atoms with E-state index in [4.69, 9.17) is 9.72 Å². The smallest absolute Gasteiger partial charge is 0.230 e. The molecule has 0 fully saturated rings. The van der Waals surface area contributed by atoms with Crippen molar-refractivity contribution < 1.29 is 9.53 Å². The minimum atomic E-state index is -0.0668. The standard InChI is InChI=1S/C22H22N6O2S2/c1-4-16-7-5-6-8-20(16)27(15(2)29)21-23-17(13-31-21)14-32-22-24-25-26-28(22)18-9-11-19(30-3)12-10-18/h5-13H,4,14H2,1-3H3. The summed E-state index contributed by atoms with van der Waals surface area (Å²) >= 11 is 2.94. The number of benzene rings is 2. The number of thioether (sulfide) groups is 1. The number of carbonyl (C=O) groups is 1. The Morgan fingerprint density at radius 1 is 1.19 bits per heavy atom. The molecule has 4 aromatic rings. The Kier molecular flexibility index (Phi) is 6.81. The molecule has 2 aromatic carbocycles. The number of nitrogens with zero attached hydrogens (tertiary/aromatic N) is 6. The molecule has 10 heteroatoms. The molecule has 0 bridgehead atoms. The molecule has 0 aliphatic rings. The summed E-state index contributed by atoms with van der Waals surface area (Å²) in [5.74, 6) is 1.28. The van der Waals surface area contributed by atoms with E-state index in [1.54, 1.807) is 23.6 Å². The number of para-hydroxylation sites is 1. The molecule has 32 heavy (non-hydrogen) atoms. The topological polar surface area (TPSA) is 86.0 Å². The first-order chi connectivity index (χ1) is 15.6. The molecule has 0 unspecified atom stereocenters. The molecule has 1 amide bonds. The van der Waals surface area contributed by atoms with E-state index in [9.17, 15) is 4.79 Å². The van der Waals surface area contributed by atoms with Gasteiger partial charge in [-0.3, -0.25) is 9.69 Å². The highest BCUT2D eigenvalue weighted by atomic mass is 32.2. The predicted molar refractivity (Wildman–Crippen MR) is 126 cm³/mol. The van der Waals surface area contributed by atoms with Crippen LogP contribution in [0.3, 0.4) is 0 Å². The fourth-order valence-electron chi connectivity index (χ4n) is 3.19. The molecular weight excluding hydrogens is 444 g/mol. The Bertz CT molecular complexity index is 1210. The van der Waals surface area contributed by atoms with E-state index < -0.39 is 0 Å². The van der Waals surface area contributed by atoms with Gasteiger partial charge >= 0.3 is 0 Å². The summed E-state index contributed by atoms with van der Waals surface area (Å²) in [6.07, 6.45) is 0.835. The number of tetrazole rings is 1. The lowest BCUT2D eigenvalue weighted by Gasteiger charge is -2.20. The number of thiazole rings is 1. The normalized spacial score (nSPS) is 10.8. The number of anilines is 2. The van der Waals surface area contributed by atoms with Gasteiger partial charge in [0.15, 0.2) is 5.13 Å². The number of aryl methyl sites for hydroxylation is 1. The van der Waals surface area contributed by atoms with Crippen molar-refractivity contribution in [1.82, 2.24) is 25.2 Å². The van der Waals surface area contributed by atoms with Crippen molar-refractivity contribution >= 4 is 39.8 Å². The number of ether oxygens (including phenoxy) is 1. The molecule has 0 atom stereocenters. The summed E-state index contributed by atoms with van der Waals surface area (Å²) in [5.41, 5.74) is 3.68. The van der Waals surface area contributed by atoms with Crippen molar-refractivity contribution in [3.8, 4) is 11.4 Å². The third-order valence-corrected chi connectivity index (χ3v) is 6.59. The van der Waals surface area contributed by atoms with E-state index in [0.717, 1.165) is 34.8 Å². The first-order valence-corrected chi connectivity index (χ1v) is 11.9. The van der Waals surface area contributed by atoms with Gasteiger partial charge in [0, 0.05) is 18.1 Å². The van der Waals surface area contributed by atoms with Gasteiger partial charge < -0.3 is 4.74 Å². The van der Waals surface area contributed by atoms with Crippen LogP contribution in [-0.2, 0) is 17.0 Å². The van der Waals surface area contributed by atoms with Crippen molar-refractivity contribution in [2.24, 2.45) is 0 Å². The molecule has 0 radical (unpaired) electrons. The molecule has 2 aromatic heterocycles. The maximum atomic E-state index is 12.5. The molecule has 4 rings (SSSR count). The zero-order valence-corrected chi connectivity index (χ0v) is 19.6. The second-order valence-electron chi connectivity index (χ2n) is 6.82. The summed E-state index contributed by atoms with van der Waals surface area (Å²) in [5, 5.41) is 15.3. The van der Waals surface area contributed by atoms with Crippen LogP contribution in [0.25, 0.3) is 5.69 Å². The number of rotatable bonds is 8. The first-order valence-electron chi connectivity index (χ1n) is 9.99. The fourth-order valence-corrected chi connectivity index (χ4v) is 4.96. The predicted octanol–water partition coefficient (Wildman–Crippen LogP) is 4.67. The molecule has 0 saturated heterocycles. The third-order valence-electron chi connectivity index (χ3n) is 4.77. The maximum Gasteiger partial charge on any atom is 0.230 e. The van der Waals surface area contributed by atoms with E-state index in [2.05, 4.69) is 22.4 Å². The second-order valence-corrected chi connectivity index (χ2v) is 8.60. The monoisotopic (exact) mass is 466 g/mol. The van der Waals surface area contributed by atoms with Crippen LogP contribution in [0.1, 0.15) is 25.1 Å². The summed E-state index contributed by atoms with van der Waals surface area (Å²) in [6, 6.07) is 15.4. The highest BCUT2D eigenvalue weighted by Gasteiger charge is 2.20. The van der Waals surface area contributed by atoms with Crippen LogP contribution in [-0.4, -0.2) is 38.2 Å². The number of amides is 1. The zero-order chi connectivity index (χ0) is 22.5. The SMILES string of the molecule is CCc1ccccc1N(C(C)=O)c1nc(CSc2nnnn2-c2ccc(OC)cc2)cs1. The van der Waals surface area contributed by atoms with Gasteiger partial charge in [-0.15, -0.1) is 16.4 Å². The average molecular weight is 467 g/mol. The van der Waals surface area contributed by atoms with Crippen molar-refractivity contribution in [2.45, 2.75) is 31.2 Å². The minimum Gasteiger partial charge on any atom is -0.497 e. The number of hydrogen-bond acceptors (Lipinski definition) is 8. The van der Waals surface area contributed by atoms with Gasteiger partial charge in [0.25, 0.3) is 0 Å². The summed E-state index contributed by atoms with van der Waals surface area (Å²) in [7, 11) is 1.63. The quantitative estimate of drug-likeness (QED) is 0.349. The molecule has 0 spiro atoms. The number of aromatic nitrogens is 5. The molecule has 0 N–H and O–H groups in total. The minimum absolute atomic E-state index is 0.0668. The summed E-state index contributed by atoms with van der Waals surface area (Å²) in [6.45, 7) is 3.64. The third kappa shape index (κ3) is 4.66. The Morgan fingerprint density at radius 3 is 2.69 bits per heavy atom. The van der Waals surface area contributed by atoms with E-state index in [-0.39, 0.29) is 5.91 Å². The number of methoxy groups -OCH3 is 1. The Labute approximate surface area is 194 Å². The van der Waals surface area contributed by atoms with Crippen LogP contribution in [0, 0.1) is 0 Å². The van der Waals surface area contributed by atoms with Gasteiger partial charge in [0.05, 0.1) is 24.2 Å². The van der Waals surface area contributed by atoms with Crippen LogP contribution in [0.15, 0.2) is 59.1 Å². The van der Waals surface area contributed by atoms with Gasteiger partial charge in [-0.25, -0.2) is 4.98 Å². The van der Waals surface area contributed by atoms with Crippen LogP contribution < -0.4 is 9.64 Å². The number of hydrogen-bond donors (Lipinski definition) is 0. The highest BCUT2D eigenvalue weighted by molar-refractivity contribution is 7.98. The van der Waals surface area contributed by atoms with E-state index >= 15 is 0 Å². The Hall–Kier alpha value is -3.24. The van der Waals surface area contributed by atoms with E-state index in [1.807, 2.05) is 53.9 Å².